The van der Waals surface area contributed by atoms with Gasteiger partial charge in [0.15, 0.2) is 9.84 Å². The molecule has 128 valence electrons. The minimum atomic E-state index is -2.92. The van der Waals surface area contributed by atoms with Crippen LogP contribution in [0.3, 0.4) is 0 Å². The molecule has 6 nitrogen and oxygen atoms in total. The van der Waals surface area contributed by atoms with Crippen LogP contribution in [0.15, 0.2) is 30.6 Å². The molecule has 1 saturated heterocycles. The van der Waals surface area contributed by atoms with Crippen molar-refractivity contribution in [1.29, 1.82) is 0 Å². The molecular weight excluding hydrogens is 324 g/mol. The maximum Gasteiger partial charge on any atom is 0.152 e. The summed E-state index contributed by atoms with van der Waals surface area (Å²) in [5, 5.41) is 3.29. The molecule has 2 aromatic rings. The summed E-state index contributed by atoms with van der Waals surface area (Å²) >= 11 is 0. The van der Waals surface area contributed by atoms with E-state index < -0.39 is 9.84 Å². The van der Waals surface area contributed by atoms with Crippen molar-refractivity contribution in [3.63, 3.8) is 0 Å². The number of aromatic nitrogens is 2. The molecule has 1 aliphatic heterocycles. The third-order valence-corrected chi connectivity index (χ3v) is 6.01. The Morgan fingerprint density at radius 1 is 1.12 bits per heavy atom. The number of rotatable bonds is 4. The fourth-order valence-electron chi connectivity index (χ4n) is 3.07. The Balaban J connectivity index is 1.79. The van der Waals surface area contributed by atoms with Crippen molar-refractivity contribution < 1.29 is 8.42 Å². The molecule has 1 aromatic carbocycles. The van der Waals surface area contributed by atoms with Crippen molar-refractivity contribution >= 4 is 27.2 Å². The van der Waals surface area contributed by atoms with Crippen LogP contribution in [-0.2, 0) is 9.84 Å². The maximum absolute atomic E-state index is 11.7. The van der Waals surface area contributed by atoms with Gasteiger partial charge in [0.05, 0.1) is 11.5 Å². The molecule has 1 aromatic heterocycles. The number of nitrogens with zero attached hydrogens (tertiary/aromatic N) is 3. The zero-order valence-electron chi connectivity index (χ0n) is 14.2. The first-order chi connectivity index (χ1) is 11.3. The second kappa shape index (κ2) is 6.39. The molecule has 1 fully saturated rings. The summed E-state index contributed by atoms with van der Waals surface area (Å²) in [6.07, 6.45) is 2.14. The molecule has 0 aliphatic carbocycles. The number of aryl methyl sites for hydroxylation is 2. The highest BCUT2D eigenvalue weighted by Crippen LogP contribution is 2.24. The molecule has 0 saturated carbocycles. The average Bonchev–Trinajstić information content (AvgIpc) is 2.86. The number of benzene rings is 1. The maximum atomic E-state index is 11.7. The van der Waals surface area contributed by atoms with Crippen molar-refractivity contribution in [2.75, 3.05) is 28.8 Å². The summed E-state index contributed by atoms with van der Waals surface area (Å²) in [5.74, 6) is 1.85. The van der Waals surface area contributed by atoms with E-state index in [0.717, 1.165) is 11.5 Å². The van der Waals surface area contributed by atoms with Gasteiger partial charge in [-0.15, -0.1) is 0 Å². The van der Waals surface area contributed by atoms with Crippen LogP contribution < -0.4 is 10.2 Å². The minimum Gasteiger partial charge on any atom is -0.355 e. The number of anilines is 3. The highest BCUT2D eigenvalue weighted by Gasteiger charge is 2.31. The van der Waals surface area contributed by atoms with E-state index in [9.17, 15) is 8.42 Å². The zero-order chi connectivity index (χ0) is 17.3. The van der Waals surface area contributed by atoms with Crippen molar-refractivity contribution in [3.8, 4) is 0 Å². The van der Waals surface area contributed by atoms with Crippen LogP contribution in [0.2, 0.25) is 0 Å². The molecule has 7 heteroatoms. The van der Waals surface area contributed by atoms with Crippen molar-refractivity contribution in [2.24, 2.45) is 0 Å². The summed E-state index contributed by atoms with van der Waals surface area (Å²) in [6.45, 7) is 4.11. The van der Waals surface area contributed by atoms with E-state index >= 15 is 0 Å². The van der Waals surface area contributed by atoms with Gasteiger partial charge in [-0.25, -0.2) is 18.4 Å². The summed E-state index contributed by atoms with van der Waals surface area (Å²) < 4.78 is 23.4. The summed E-state index contributed by atoms with van der Waals surface area (Å²) in [7, 11) is -1.03. The predicted molar refractivity (Wildman–Crippen MR) is 96.7 cm³/mol. The van der Waals surface area contributed by atoms with Gasteiger partial charge in [0.25, 0.3) is 0 Å². The van der Waals surface area contributed by atoms with Gasteiger partial charge < -0.3 is 10.2 Å². The molecule has 3 rings (SSSR count). The second-order valence-corrected chi connectivity index (χ2v) is 8.66. The lowest BCUT2D eigenvalue weighted by Gasteiger charge is -2.24. The highest BCUT2D eigenvalue weighted by atomic mass is 32.2. The topological polar surface area (TPSA) is 75.2 Å². The van der Waals surface area contributed by atoms with E-state index in [0.29, 0.717) is 12.2 Å². The molecular formula is C17H22N4O2S. The largest absolute Gasteiger partial charge is 0.355 e. The van der Waals surface area contributed by atoms with Gasteiger partial charge in [-0.2, -0.15) is 0 Å². The van der Waals surface area contributed by atoms with E-state index in [1.807, 2.05) is 18.0 Å². The van der Waals surface area contributed by atoms with Gasteiger partial charge >= 0.3 is 0 Å². The van der Waals surface area contributed by atoms with Crippen LogP contribution >= 0.6 is 0 Å². The lowest BCUT2D eigenvalue weighted by Crippen LogP contribution is -2.33. The normalized spacial score (nSPS) is 19.2. The molecule has 0 radical (unpaired) electrons. The van der Waals surface area contributed by atoms with E-state index in [1.165, 1.54) is 17.5 Å². The fourth-order valence-corrected chi connectivity index (χ4v) is 4.85. The monoisotopic (exact) mass is 346 g/mol. The van der Waals surface area contributed by atoms with Gasteiger partial charge in [-0.3, -0.25) is 0 Å². The number of hydrogen-bond donors (Lipinski definition) is 1. The lowest BCUT2D eigenvalue weighted by molar-refractivity contribution is 0.600. The number of nitrogens with one attached hydrogen (secondary N) is 1. The first-order valence-corrected chi connectivity index (χ1v) is 9.75. The third-order valence-electron chi connectivity index (χ3n) is 4.26. The average molecular weight is 346 g/mol. The fraction of sp³-hybridized carbons (Fsp3) is 0.412. The second-order valence-electron chi connectivity index (χ2n) is 6.43. The summed E-state index contributed by atoms with van der Waals surface area (Å²) in [4.78, 5) is 10.5. The first-order valence-electron chi connectivity index (χ1n) is 7.93. The summed E-state index contributed by atoms with van der Waals surface area (Å²) in [6, 6.07) is 8.05. The van der Waals surface area contributed by atoms with Crippen LogP contribution in [0.4, 0.5) is 17.3 Å². The van der Waals surface area contributed by atoms with Crippen LogP contribution in [-0.4, -0.2) is 43.0 Å². The molecule has 24 heavy (non-hydrogen) atoms. The van der Waals surface area contributed by atoms with Gasteiger partial charge in [0, 0.05) is 24.8 Å². The Labute approximate surface area is 142 Å². The van der Waals surface area contributed by atoms with Gasteiger partial charge in [0.1, 0.15) is 18.0 Å². The van der Waals surface area contributed by atoms with Crippen LogP contribution in [0.25, 0.3) is 0 Å². The Kier molecular flexibility index (Phi) is 4.45. The van der Waals surface area contributed by atoms with Crippen molar-refractivity contribution in [2.45, 2.75) is 26.3 Å². The molecule has 1 N–H and O–H groups in total. The van der Waals surface area contributed by atoms with Gasteiger partial charge in [-0.1, -0.05) is 6.07 Å². The molecule has 0 amide bonds. The van der Waals surface area contributed by atoms with E-state index in [4.69, 9.17) is 0 Å². The molecule has 0 spiro atoms. The highest BCUT2D eigenvalue weighted by molar-refractivity contribution is 7.91. The third kappa shape index (κ3) is 3.84. The molecule has 1 unspecified atom stereocenters. The van der Waals surface area contributed by atoms with Crippen LogP contribution in [0.1, 0.15) is 17.5 Å². The summed E-state index contributed by atoms with van der Waals surface area (Å²) in [5.41, 5.74) is 3.34. The lowest BCUT2D eigenvalue weighted by atomic mass is 10.1. The Bertz CT molecular complexity index is 831. The van der Waals surface area contributed by atoms with Gasteiger partial charge in [0.2, 0.25) is 0 Å². The SMILES string of the molecule is Cc1cc(C)cc(Nc2cc(N(C)C3CCS(=O)(=O)C3)ncn2)c1. The van der Waals surface area contributed by atoms with E-state index in [1.54, 1.807) is 0 Å². The van der Waals surface area contributed by atoms with E-state index in [2.05, 4.69) is 47.3 Å². The van der Waals surface area contributed by atoms with Crippen LogP contribution in [0, 0.1) is 13.8 Å². The standard InChI is InChI=1S/C17H22N4O2S/c1-12-6-13(2)8-14(7-12)20-16-9-17(19-11-18-16)21(3)15-4-5-24(22,23)10-15/h6-9,11,15H,4-5,10H2,1-3H3,(H,18,19,20). The Morgan fingerprint density at radius 3 is 2.46 bits per heavy atom. The Hall–Kier alpha value is -2.15. The van der Waals surface area contributed by atoms with Gasteiger partial charge in [-0.05, 0) is 43.5 Å². The minimum absolute atomic E-state index is 0.0287. The number of sulfone groups is 1. The predicted octanol–water partition coefficient (Wildman–Crippen LogP) is 2.46. The molecule has 0 bridgehead atoms. The van der Waals surface area contributed by atoms with Crippen molar-refractivity contribution in [1.82, 2.24) is 9.97 Å². The Morgan fingerprint density at radius 2 is 1.83 bits per heavy atom. The van der Waals surface area contributed by atoms with Crippen LogP contribution in [0.5, 0.6) is 0 Å². The first kappa shape index (κ1) is 16.7. The zero-order valence-corrected chi connectivity index (χ0v) is 15.0. The quantitative estimate of drug-likeness (QED) is 0.916. The van der Waals surface area contributed by atoms with Crippen molar-refractivity contribution in [3.05, 3.63) is 41.7 Å². The van der Waals surface area contributed by atoms with E-state index in [-0.39, 0.29) is 17.5 Å². The molecule has 1 aliphatic rings. The molecule has 1 atom stereocenters. The molecule has 2 heterocycles. The number of hydrogen-bond acceptors (Lipinski definition) is 6. The smallest absolute Gasteiger partial charge is 0.152 e.